The van der Waals surface area contributed by atoms with Gasteiger partial charge in [0.1, 0.15) is 0 Å². The maximum absolute atomic E-state index is 12.1. The number of nitrogens with zero attached hydrogens (tertiary/aromatic N) is 4. The molecule has 0 saturated carbocycles. The Morgan fingerprint density at radius 2 is 1.93 bits per heavy atom. The molecule has 0 aliphatic carbocycles. The van der Waals surface area contributed by atoms with Crippen LogP contribution in [0.3, 0.4) is 0 Å². The Labute approximate surface area is 168 Å². The molecule has 0 aliphatic heterocycles. The summed E-state index contributed by atoms with van der Waals surface area (Å²) in [5.74, 6) is 0.901. The highest BCUT2D eigenvalue weighted by molar-refractivity contribution is 7.99. The molecule has 0 fully saturated rings. The topological polar surface area (TPSA) is 81.9 Å². The Morgan fingerprint density at radius 3 is 2.64 bits per heavy atom. The number of methoxy groups -OCH3 is 1. The summed E-state index contributed by atoms with van der Waals surface area (Å²) in [6, 6.07) is 10.0. The van der Waals surface area contributed by atoms with E-state index >= 15 is 0 Å². The number of carbonyl (C=O) groups is 1. The summed E-state index contributed by atoms with van der Waals surface area (Å²) >= 11 is 1.35. The molecule has 1 N–H and O–H groups in total. The Hall–Kier alpha value is -2.71. The molecular formula is C20H23N5O2S. The number of hydrogen-bond donors (Lipinski definition) is 1. The second-order valence-corrected chi connectivity index (χ2v) is 7.22. The predicted octanol–water partition coefficient (Wildman–Crippen LogP) is 2.80. The molecule has 0 radical (unpaired) electrons. The van der Waals surface area contributed by atoms with Gasteiger partial charge in [0.15, 0.2) is 11.0 Å². The largest absolute Gasteiger partial charge is 0.383 e. The minimum atomic E-state index is -0.0675. The van der Waals surface area contributed by atoms with E-state index in [-0.39, 0.29) is 11.7 Å². The molecule has 0 spiro atoms. The van der Waals surface area contributed by atoms with Gasteiger partial charge in [-0.05, 0) is 49.2 Å². The Bertz CT molecular complexity index is 943. The van der Waals surface area contributed by atoms with Crippen molar-refractivity contribution in [1.29, 1.82) is 0 Å². The van der Waals surface area contributed by atoms with Gasteiger partial charge in [-0.3, -0.25) is 14.3 Å². The number of rotatable bonds is 8. The van der Waals surface area contributed by atoms with Crippen molar-refractivity contribution in [3.8, 4) is 17.1 Å². The number of benzene rings is 1. The van der Waals surface area contributed by atoms with Crippen LogP contribution in [0.15, 0.2) is 47.9 Å². The number of carbonyl (C=O) groups excluding carboxylic acids is 1. The van der Waals surface area contributed by atoms with E-state index in [4.69, 9.17) is 4.74 Å². The first-order valence-corrected chi connectivity index (χ1v) is 9.90. The summed E-state index contributed by atoms with van der Waals surface area (Å²) in [5.41, 5.74) is 4.27. The fraction of sp³-hybridized carbons (Fsp3) is 0.300. The zero-order valence-electron chi connectivity index (χ0n) is 16.2. The Balaban J connectivity index is 1.91. The molecule has 0 unspecified atom stereocenters. The molecule has 7 nitrogen and oxygen atoms in total. The number of amides is 1. The first kappa shape index (κ1) is 20.0. The first-order chi connectivity index (χ1) is 13.6. The zero-order valence-corrected chi connectivity index (χ0v) is 17.0. The van der Waals surface area contributed by atoms with Gasteiger partial charge in [0.25, 0.3) is 0 Å². The fourth-order valence-corrected chi connectivity index (χ4v) is 3.40. The van der Waals surface area contributed by atoms with E-state index in [1.807, 2.05) is 22.8 Å². The highest BCUT2D eigenvalue weighted by atomic mass is 32.2. The quantitative estimate of drug-likeness (QED) is 0.465. The molecule has 8 heteroatoms. The van der Waals surface area contributed by atoms with Crippen molar-refractivity contribution in [2.75, 3.05) is 26.0 Å². The zero-order chi connectivity index (χ0) is 19.9. The molecule has 28 heavy (non-hydrogen) atoms. The summed E-state index contributed by atoms with van der Waals surface area (Å²) in [4.78, 5) is 16.1. The van der Waals surface area contributed by atoms with Crippen LogP contribution in [0.5, 0.6) is 0 Å². The molecule has 2 aromatic heterocycles. The highest BCUT2D eigenvalue weighted by Crippen LogP contribution is 2.28. The molecular weight excluding hydrogens is 374 g/mol. The molecule has 3 aromatic rings. The molecule has 0 saturated heterocycles. The van der Waals surface area contributed by atoms with Crippen LogP contribution >= 0.6 is 11.8 Å². The Morgan fingerprint density at radius 1 is 1.14 bits per heavy atom. The van der Waals surface area contributed by atoms with Crippen molar-refractivity contribution >= 4 is 17.7 Å². The Kier molecular flexibility index (Phi) is 6.78. The molecule has 1 aromatic carbocycles. The minimum absolute atomic E-state index is 0.0675. The number of thioether (sulfide) groups is 1. The molecule has 2 heterocycles. The molecule has 146 valence electrons. The molecule has 3 rings (SSSR count). The summed E-state index contributed by atoms with van der Waals surface area (Å²) in [5, 5.41) is 12.2. The predicted molar refractivity (Wildman–Crippen MR) is 110 cm³/mol. The fourth-order valence-electron chi connectivity index (χ4n) is 2.62. The lowest BCUT2D eigenvalue weighted by Crippen LogP contribution is -2.28. The van der Waals surface area contributed by atoms with Gasteiger partial charge in [-0.25, -0.2) is 0 Å². The van der Waals surface area contributed by atoms with Gasteiger partial charge in [0.2, 0.25) is 5.91 Å². The van der Waals surface area contributed by atoms with E-state index in [1.165, 1.54) is 22.9 Å². The van der Waals surface area contributed by atoms with Crippen LogP contribution in [0.25, 0.3) is 17.1 Å². The van der Waals surface area contributed by atoms with Gasteiger partial charge in [-0.2, -0.15) is 0 Å². The maximum Gasteiger partial charge on any atom is 0.230 e. The van der Waals surface area contributed by atoms with Crippen LogP contribution in [0.4, 0.5) is 0 Å². The van der Waals surface area contributed by atoms with Crippen LogP contribution in [-0.2, 0) is 9.53 Å². The number of ether oxygens (including phenoxy) is 1. The summed E-state index contributed by atoms with van der Waals surface area (Å²) in [6.07, 6.45) is 3.45. The SMILES string of the molecule is COCCNC(=O)CSc1nnc(-c2ccncc2)n1-c1ccc(C)c(C)c1. The first-order valence-electron chi connectivity index (χ1n) is 8.92. The molecule has 1 amide bonds. The lowest BCUT2D eigenvalue weighted by molar-refractivity contribution is -0.118. The summed E-state index contributed by atoms with van der Waals surface area (Å²) < 4.78 is 6.93. The highest BCUT2D eigenvalue weighted by Gasteiger charge is 2.17. The van der Waals surface area contributed by atoms with E-state index in [0.29, 0.717) is 24.1 Å². The second kappa shape index (κ2) is 9.48. The maximum atomic E-state index is 12.1. The van der Waals surface area contributed by atoms with E-state index in [2.05, 4.69) is 46.5 Å². The van der Waals surface area contributed by atoms with Crippen molar-refractivity contribution in [2.24, 2.45) is 0 Å². The third kappa shape index (κ3) is 4.76. The van der Waals surface area contributed by atoms with E-state index in [9.17, 15) is 4.79 Å². The number of aryl methyl sites for hydroxylation is 2. The van der Waals surface area contributed by atoms with Crippen LogP contribution in [-0.4, -0.2) is 51.7 Å². The van der Waals surface area contributed by atoms with Crippen molar-refractivity contribution in [3.05, 3.63) is 53.9 Å². The van der Waals surface area contributed by atoms with Crippen molar-refractivity contribution in [2.45, 2.75) is 19.0 Å². The normalized spacial score (nSPS) is 10.8. The van der Waals surface area contributed by atoms with Crippen molar-refractivity contribution in [3.63, 3.8) is 0 Å². The van der Waals surface area contributed by atoms with Crippen LogP contribution in [0.1, 0.15) is 11.1 Å². The van der Waals surface area contributed by atoms with Gasteiger partial charge < -0.3 is 10.1 Å². The summed E-state index contributed by atoms with van der Waals surface area (Å²) in [7, 11) is 1.60. The van der Waals surface area contributed by atoms with Gasteiger partial charge in [0, 0.05) is 31.6 Å². The van der Waals surface area contributed by atoms with Crippen molar-refractivity contribution in [1.82, 2.24) is 25.1 Å². The molecule has 0 bridgehead atoms. The third-order valence-corrected chi connectivity index (χ3v) is 5.21. The van der Waals surface area contributed by atoms with Crippen LogP contribution in [0, 0.1) is 13.8 Å². The van der Waals surface area contributed by atoms with Gasteiger partial charge in [-0.1, -0.05) is 17.8 Å². The standard InChI is InChI=1S/C20H23N5O2S/c1-14-4-5-17(12-15(14)2)25-19(16-6-8-21-9-7-16)23-24-20(25)28-13-18(26)22-10-11-27-3/h4-9,12H,10-11,13H2,1-3H3,(H,22,26). The van der Waals surface area contributed by atoms with Gasteiger partial charge in [0.05, 0.1) is 18.0 Å². The van der Waals surface area contributed by atoms with E-state index < -0.39 is 0 Å². The number of hydrogen-bond acceptors (Lipinski definition) is 6. The van der Waals surface area contributed by atoms with Crippen LogP contribution < -0.4 is 5.32 Å². The molecule has 0 atom stereocenters. The lowest BCUT2D eigenvalue weighted by atomic mass is 10.1. The van der Waals surface area contributed by atoms with Crippen molar-refractivity contribution < 1.29 is 9.53 Å². The smallest absolute Gasteiger partial charge is 0.230 e. The third-order valence-electron chi connectivity index (χ3n) is 4.28. The van der Waals surface area contributed by atoms with Gasteiger partial charge >= 0.3 is 0 Å². The van der Waals surface area contributed by atoms with Gasteiger partial charge in [-0.15, -0.1) is 10.2 Å². The monoisotopic (exact) mass is 397 g/mol. The number of aromatic nitrogens is 4. The summed E-state index contributed by atoms with van der Waals surface area (Å²) in [6.45, 7) is 5.13. The average Bonchev–Trinajstić information content (AvgIpc) is 3.13. The minimum Gasteiger partial charge on any atom is -0.383 e. The number of nitrogens with one attached hydrogen (secondary N) is 1. The molecule has 0 aliphatic rings. The average molecular weight is 398 g/mol. The number of pyridine rings is 1. The lowest BCUT2D eigenvalue weighted by Gasteiger charge is -2.12. The van der Waals surface area contributed by atoms with Crippen LogP contribution in [0.2, 0.25) is 0 Å². The van der Waals surface area contributed by atoms with E-state index in [1.54, 1.807) is 19.5 Å². The second-order valence-electron chi connectivity index (χ2n) is 6.28. The van der Waals surface area contributed by atoms with E-state index in [0.717, 1.165) is 11.3 Å².